The number of rotatable bonds is 2. The molecule has 0 amide bonds. The molecule has 4 heterocycles. The maximum atomic E-state index is 4.84. The number of thiophene rings is 1. The van der Waals surface area contributed by atoms with E-state index < -0.39 is 0 Å². The van der Waals surface area contributed by atoms with E-state index in [1.165, 1.54) is 28.3 Å². The standard InChI is InChI=1S/C15H15N3S2/c1-10-6-7-12(20-10)15-17-11-4-2-8-16-14(11)18(15)13-5-3-9-19-13/h2,4,6-8,13H,3,5,9H2,1H3. The average Bonchev–Trinajstić information content (AvgIpc) is 3.15. The normalized spacial score (nSPS) is 18.9. The molecule has 20 heavy (non-hydrogen) atoms. The van der Waals surface area contributed by atoms with Crippen molar-refractivity contribution in [1.29, 1.82) is 0 Å². The van der Waals surface area contributed by atoms with Crippen LogP contribution in [0.15, 0.2) is 30.5 Å². The summed E-state index contributed by atoms with van der Waals surface area (Å²) in [5.41, 5.74) is 2.02. The van der Waals surface area contributed by atoms with Gasteiger partial charge in [-0.1, -0.05) is 0 Å². The summed E-state index contributed by atoms with van der Waals surface area (Å²) in [6.07, 6.45) is 4.36. The van der Waals surface area contributed by atoms with Crippen LogP contribution in [-0.4, -0.2) is 20.3 Å². The van der Waals surface area contributed by atoms with Crippen LogP contribution in [0.4, 0.5) is 0 Å². The van der Waals surface area contributed by atoms with Gasteiger partial charge in [-0.3, -0.25) is 4.57 Å². The Balaban J connectivity index is 1.96. The fraction of sp³-hybridized carbons (Fsp3) is 0.333. The molecule has 1 fully saturated rings. The Kier molecular flexibility index (Phi) is 3.04. The summed E-state index contributed by atoms with van der Waals surface area (Å²) in [6, 6.07) is 8.36. The lowest BCUT2D eigenvalue weighted by Crippen LogP contribution is -2.04. The van der Waals surface area contributed by atoms with Crippen LogP contribution >= 0.6 is 23.1 Å². The second kappa shape index (κ2) is 4.90. The third kappa shape index (κ3) is 1.96. The molecule has 0 radical (unpaired) electrons. The fourth-order valence-corrected chi connectivity index (χ4v) is 4.84. The number of aromatic nitrogens is 3. The third-order valence-electron chi connectivity index (χ3n) is 3.60. The molecule has 5 heteroatoms. The van der Waals surface area contributed by atoms with Crippen LogP contribution in [0.25, 0.3) is 21.9 Å². The minimum atomic E-state index is 0.479. The lowest BCUT2D eigenvalue weighted by Gasteiger charge is -2.14. The van der Waals surface area contributed by atoms with E-state index in [-0.39, 0.29) is 0 Å². The maximum absolute atomic E-state index is 4.84. The van der Waals surface area contributed by atoms with Crippen molar-refractivity contribution >= 4 is 34.3 Å². The van der Waals surface area contributed by atoms with E-state index in [4.69, 9.17) is 4.98 Å². The van der Waals surface area contributed by atoms with Crippen molar-refractivity contribution in [2.45, 2.75) is 25.1 Å². The molecule has 0 spiro atoms. The maximum Gasteiger partial charge on any atom is 0.161 e. The Labute approximate surface area is 126 Å². The first-order valence-electron chi connectivity index (χ1n) is 6.84. The summed E-state index contributed by atoms with van der Waals surface area (Å²) < 4.78 is 2.35. The molecule has 0 N–H and O–H groups in total. The van der Waals surface area contributed by atoms with Crippen LogP contribution in [-0.2, 0) is 0 Å². The Bertz CT molecular complexity index is 753. The molecular weight excluding hydrogens is 286 g/mol. The molecule has 1 unspecified atom stereocenters. The summed E-state index contributed by atoms with van der Waals surface area (Å²) in [4.78, 5) is 12.0. The van der Waals surface area contributed by atoms with Gasteiger partial charge in [0.05, 0.1) is 10.3 Å². The second-order valence-corrected chi connectivity index (χ2v) is 7.60. The van der Waals surface area contributed by atoms with Gasteiger partial charge in [0.25, 0.3) is 0 Å². The van der Waals surface area contributed by atoms with Gasteiger partial charge in [-0.25, -0.2) is 9.97 Å². The SMILES string of the molecule is Cc1ccc(-c2nc3cccnc3n2C2CCCS2)s1. The van der Waals surface area contributed by atoms with Gasteiger partial charge in [-0.05, 0) is 49.8 Å². The van der Waals surface area contributed by atoms with Crippen molar-refractivity contribution in [2.75, 3.05) is 5.75 Å². The molecule has 3 aromatic heterocycles. The number of thioether (sulfide) groups is 1. The van der Waals surface area contributed by atoms with Gasteiger partial charge in [-0.2, -0.15) is 0 Å². The number of hydrogen-bond donors (Lipinski definition) is 0. The number of aryl methyl sites for hydroxylation is 1. The van der Waals surface area contributed by atoms with Crippen LogP contribution in [0.1, 0.15) is 23.1 Å². The topological polar surface area (TPSA) is 30.7 Å². The van der Waals surface area contributed by atoms with Gasteiger partial charge >= 0.3 is 0 Å². The van der Waals surface area contributed by atoms with Crippen molar-refractivity contribution in [2.24, 2.45) is 0 Å². The molecule has 102 valence electrons. The molecule has 1 saturated heterocycles. The summed E-state index contributed by atoms with van der Waals surface area (Å²) in [5.74, 6) is 2.32. The van der Waals surface area contributed by atoms with E-state index in [9.17, 15) is 0 Å². The van der Waals surface area contributed by atoms with Gasteiger partial charge in [0.1, 0.15) is 5.52 Å². The Morgan fingerprint density at radius 2 is 2.25 bits per heavy atom. The van der Waals surface area contributed by atoms with E-state index in [0.717, 1.165) is 17.0 Å². The van der Waals surface area contributed by atoms with E-state index in [0.29, 0.717) is 5.37 Å². The molecule has 3 aromatic rings. The fourth-order valence-electron chi connectivity index (χ4n) is 2.70. The van der Waals surface area contributed by atoms with Crippen molar-refractivity contribution in [1.82, 2.24) is 14.5 Å². The number of pyridine rings is 1. The molecule has 3 nitrogen and oxygen atoms in total. The van der Waals surface area contributed by atoms with E-state index in [2.05, 4.69) is 34.7 Å². The van der Waals surface area contributed by atoms with Gasteiger partial charge in [0, 0.05) is 11.1 Å². The smallest absolute Gasteiger partial charge is 0.161 e. The first-order chi connectivity index (χ1) is 9.83. The van der Waals surface area contributed by atoms with Crippen LogP contribution in [0.5, 0.6) is 0 Å². The van der Waals surface area contributed by atoms with Gasteiger partial charge < -0.3 is 0 Å². The largest absolute Gasteiger partial charge is 0.295 e. The van der Waals surface area contributed by atoms with E-state index >= 15 is 0 Å². The molecule has 1 aliphatic heterocycles. The summed E-state index contributed by atoms with van der Waals surface area (Å²) in [7, 11) is 0. The van der Waals surface area contributed by atoms with Crippen LogP contribution in [0.2, 0.25) is 0 Å². The zero-order valence-electron chi connectivity index (χ0n) is 11.2. The quantitative estimate of drug-likeness (QED) is 0.698. The van der Waals surface area contributed by atoms with Crippen LogP contribution in [0.3, 0.4) is 0 Å². The van der Waals surface area contributed by atoms with E-state index in [1.807, 2.05) is 35.4 Å². The molecule has 0 aromatic carbocycles. The van der Waals surface area contributed by atoms with Gasteiger partial charge in [-0.15, -0.1) is 23.1 Å². The molecule has 0 aliphatic carbocycles. The predicted octanol–water partition coefficient (Wildman–Crippen LogP) is 4.49. The highest BCUT2D eigenvalue weighted by atomic mass is 32.2. The van der Waals surface area contributed by atoms with Crippen molar-refractivity contribution < 1.29 is 0 Å². The lowest BCUT2D eigenvalue weighted by molar-refractivity contribution is 0.661. The van der Waals surface area contributed by atoms with Crippen molar-refractivity contribution in [3.05, 3.63) is 35.3 Å². The minimum absolute atomic E-state index is 0.479. The molecule has 0 saturated carbocycles. The Morgan fingerprint density at radius 3 is 3.00 bits per heavy atom. The van der Waals surface area contributed by atoms with E-state index in [1.54, 1.807) is 0 Å². The monoisotopic (exact) mass is 301 g/mol. The van der Waals surface area contributed by atoms with Gasteiger partial charge in [0.2, 0.25) is 0 Å². The second-order valence-electron chi connectivity index (χ2n) is 5.03. The van der Waals surface area contributed by atoms with Crippen molar-refractivity contribution in [3.63, 3.8) is 0 Å². The lowest BCUT2D eigenvalue weighted by atomic mass is 10.3. The van der Waals surface area contributed by atoms with Crippen LogP contribution < -0.4 is 0 Å². The first kappa shape index (κ1) is 12.4. The van der Waals surface area contributed by atoms with Crippen molar-refractivity contribution in [3.8, 4) is 10.7 Å². The highest BCUT2D eigenvalue weighted by molar-refractivity contribution is 7.99. The number of hydrogen-bond acceptors (Lipinski definition) is 4. The predicted molar refractivity (Wildman–Crippen MR) is 86.3 cm³/mol. The number of fused-ring (bicyclic) bond motifs is 1. The zero-order valence-corrected chi connectivity index (χ0v) is 12.9. The zero-order chi connectivity index (χ0) is 13.5. The Hall–Kier alpha value is -1.33. The molecule has 1 atom stereocenters. The highest BCUT2D eigenvalue weighted by Crippen LogP contribution is 2.41. The number of nitrogens with zero attached hydrogens (tertiary/aromatic N) is 3. The minimum Gasteiger partial charge on any atom is -0.295 e. The summed E-state index contributed by atoms with van der Waals surface area (Å²) in [5, 5.41) is 0.479. The highest BCUT2D eigenvalue weighted by Gasteiger charge is 2.24. The van der Waals surface area contributed by atoms with Crippen LogP contribution in [0, 0.1) is 6.92 Å². The molecule has 4 rings (SSSR count). The Morgan fingerprint density at radius 1 is 1.30 bits per heavy atom. The van der Waals surface area contributed by atoms with Gasteiger partial charge in [0.15, 0.2) is 11.5 Å². The molecular formula is C15H15N3S2. The molecule has 0 bridgehead atoms. The summed E-state index contributed by atoms with van der Waals surface area (Å²) >= 11 is 3.83. The average molecular weight is 301 g/mol. The molecule has 1 aliphatic rings. The third-order valence-corrected chi connectivity index (χ3v) is 5.96. The summed E-state index contributed by atoms with van der Waals surface area (Å²) in [6.45, 7) is 2.14. The first-order valence-corrected chi connectivity index (χ1v) is 8.71. The number of imidazole rings is 1.